The van der Waals surface area contributed by atoms with Crippen molar-refractivity contribution >= 4 is 5.96 Å². The summed E-state index contributed by atoms with van der Waals surface area (Å²) >= 11 is 0. The Balaban J connectivity index is 1.80. The molecule has 1 aromatic heterocycles. The Kier molecular flexibility index (Phi) is 5.89. The molecule has 0 atom stereocenters. The Hall–Kier alpha value is -2.71. The molecular formula is C16H19F3N4O2. The van der Waals surface area contributed by atoms with Gasteiger partial charge in [-0.15, -0.1) is 13.2 Å². The van der Waals surface area contributed by atoms with Gasteiger partial charge < -0.3 is 20.3 Å². The van der Waals surface area contributed by atoms with Crippen molar-refractivity contribution in [1.29, 1.82) is 0 Å². The number of aryl methyl sites for hydroxylation is 2. The van der Waals surface area contributed by atoms with Gasteiger partial charge in [0.15, 0.2) is 5.96 Å². The van der Waals surface area contributed by atoms with E-state index in [1.807, 2.05) is 13.8 Å². The number of benzene rings is 1. The first-order valence-corrected chi connectivity index (χ1v) is 7.55. The highest BCUT2D eigenvalue weighted by Gasteiger charge is 2.30. The van der Waals surface area contributed by atoms with Gasteiger partial charge in [-0.25, -0.2) is 4.99 Å². The zero-order valence-corrected chi connectivity index (χ0v) is 13.9. The molecule has 0 spiro atoms. The monoisotopic (exact) mass is 356 g/mol. The number of alkyl halides is 3. The second-order valence-corrected chi connectivity index (χ2v) is 5.37. The molecule has 0 aliphatic heterocycles. The van der Waals surface area contributed by atoms with Crippen molar-refractivity contribution in [3.63, 3.8) is 0 Å². The van der Waals surface area contributed by atoms with Crippen LogP contribution >= 0.6 is 0 Å². The van der Waals surface area contributed by atoms with E-state index in [0.29, 0.717) is 18.5 Å². The minimum atomic E-state index is -4.70. The molecule has 0 bridgehead atoms. The maximum absolute atomic E-state index is 12.1. The molecule has 2 aromatic rings. The molecule has 1 heterocycles. The molecule has 0 aliphatic rings. The molecule has 0 saturated carbocycles. The molecule has 25 heavy (non-hydrogen) atoms. The number of aromatic nitrogens is 1. The molecule has 0 radical (unpaired) electrons. The van der Waals surface area contributed by atoms with E-state index in [1.54, 1.807) is 0 Å². The minimum absolute atomic E-state index is 0.246. The van der Waals surface area contributed by atoms with E-state index >= 15 is 0 Å². The number of rotatable bonds is 6. The number of nitrogens with one attached hydrogen (secondary N) is 1. The molecule has 0 saturated heterocycles. The van der Waals surface area contributed by atoms with E-state index in [1.165, 1.54) is 24.3 Å². The van der Waals surface area contributed by atoms with Crippen LogP contribution in [-0.2, 0) is 13.0 Å². The van der Waals surface area contributed by atoms with Crippen LogP contribution < -0.4 is 15.8 Å². The summed E-state index contributed by atoms with van der Waals surface area (Å²) < 4.78 is 45.1. The third-order valence-electron chi connectivity index (χ3n) is 3.45. The van der Waals surface area contributed by atoms with Crippen LogP contribution in [0.1, 0.15) is 22.6 Å². The maximum Gasteiger partial charge on any atom is 0.573 e. The van der Waals surface area contributed by atoms with E-state index in [4.69, 9.17) is 10.3 Å². The summed E-state index contributed by atoms with van der Waals surface area (Å²) in [5, 5.41) is 6.85. The van der Waals surface area contributed by atoms with Crippen molar-refractivity contribution in [1.82, 2.24) is 10.5 Å². The van der Waals surface area contributed by atoms with Crippen LogP contribution in [0.4, 0.5) is 13.2 Å². The van der Waals surface area contributed by atoms with E-state index in [9.17, 15) is 13.2 Å². The summed E-state index contributed by atoms with van der Waals surface area (Å²) in [6.45, 7) is 4.53. The second kappa shape index (κ2) is 7.91. The second-order valence-electron chi connectivity index (χ2n) is 5.37. The van der Waals surface area contributed by atoms with Gasteiger partial charge in [-0.1, -0.05) is 17.3 Å². The molecule has 1 aromatic carbocycles. The van der Waals surface area contributed by atoms with Crippen LogP contribution in [0, 0.1) is 13.8 Å². The van der Waals surface area contributed by atoms with Gasteiger partial charge in [-0.3, -0.25) is 0 Å². The first-order chi connectivity index (χ1) is 11.7. The lowest BCUT2D eigenvalue weighted by Gasteiger charge is -2.09. The van der Waals surface area contributed by atoms with Crippen molar-refractivity contribution < 1.29 is 22.4 Å². The van der Waals surface area contributed by atoms with Gasteiger partial charge in [0, 0.05) is 12.1 Å². The first kappa shape index (κ1) is 18.6. The van der Waals surface area contributed by atoms with Crippen molar-refractivity contribution in [3.8, 4) is 5.75 Å². The number of aliphatic imine (C=N–C) groups is 1. The first-order valence-electron chi connectivity index (χ1n) is 7.55. The minimum Gasteiger partial charge on any atom is -0.406 e. The summed E-state index contributed by atoms with van der Waals surface area (Å²) in [6.07, 6.45) is -4.00. The highest BCUT2D eigenvalue weighted by molar-refractivity contribution is 5.77. The molecule has 9 heteroatoms. The maximum atomic E-state index is 12.1. The van der Waals surface area contributed by atoms with E-state index < -0.39 is 6.36 Å². The molecule has 3 N–H and O–H groups in total. The smallest absolute Gasteiger partial charge is 0.406 e. The van der Waals surface area contributed by atoms with Crippen molar-refractivity contribution in [2.75, 3.05) is 6.54 Å². The Morgan fingerprint density at radius 3 is 2.52 bits per heavy atom. The fourth-order valence-corrected chi connectivity index (χ4v) is 2.20. The fourth-order valence-electron chi connectivity index (χ4n) is 2.20. The predicted molar refractivity (Wildman–Crippen MR) is 86.1 cm³/mol. The lowest BCUT2D eigenvalue weighted by atomic mass is 10.1. The third kappa shape index (κ3) is 6.02. The summed E-state index contributed by atoms with van der Waals surface area (Å²) in [6, 6.07) is 5.47. The SMILES string of the molecule is Cc1noc(C)c1CCNC(N)=NCc1ccc(OC(F)(F)F)cc1. The normalized spacial score (nSPS) is 12.3. The topological polar surface area (TPSA) is 85.7 Å². The predicted octanol–water partition coefficient (Wildman–Crippen LogP) is 2.84. The summed E-state index contributed by atoms with van der Waals surface area (Å²) in [7, 11) is 0. The zero-order valence-electron chi connectivity index (χ0n) is 13.9. The zero-order chi connectivity index (χ0) is 18.4. The van der Waals surface area contributed by atoms with Crippen LogP contribution in [0.5, 0.6) is 5.75 Å². The van der Waals surface area contributed by atoms with E-state index in [-0.39, 0.29) is 18.3 Å². The Bertz CT molecular complexity index is 704. The molecular weight excluding hydrogens is 337 g/mol. The molecule has 0 fully saturated rings. The number of hydrogen-bond donors (Lipinski definition) is 2. The van der Waals surface area contributed by atoms with Gasteiger partial charge in [0.05, 0.1) is 12.2 Å². The number of ether oxygens (including phenoxy) is 1. The van der Waals surface area contributed by atoms with Gasteiger partial charge in [0.25, 0.3) is 0 Å². The van der Waals surface area contributed by atoms with Crippen LogP contribution in [0.25, 0.3) is 0 Å². The van der Waals surface area contributed by atoms with Crippen LogP contribution in [-0.4, -0.2) is 24.0 Å². The molecule has 6 nitrogen and oxygen atoms in total. The summed E-state index contributed by atoms with van der Waals surface area (Å²) in [5.41, 5.74) is 8.36. The largest absolute Gasteiger partial charge is 0.573 e. The molecule has 0 unspecified atom stereocenters. The average molecular weight is 356 g/mol. The van der Waals surface area contributed by atoms with Gasteiger partial charge >= 0.3 is 6.36 Å². The van der Waals surface area contributed by atoms with Gasteiger partial charge in [0.1, 0.15) is 11.5 Å². The Morgan fingerprint density at radius 1 is 1.28 bits per heavy atom. The van der Waals surface area contributed by atoms with E-state index in [2.05, 4.69) is 20.2 Å². The third-order valence-corrected chi connectivity index (χ3v) is 3.45. The number of guanidine groups is 1. The molecule has 0 amide bonds. The number of nitrogens with zero attached hydrogens (tertiary/aromatic N) is 2. The van der Waals surface area contributed by atoms with Crippen molar-refractivity contribution in [2.45, 2.75) is 33.2 Å². The Labute approximate surface area is 142 Å². The molecule has 136 valence electrons. The molecule has 2 rings (SSSR count). The number of nitrogens with two attached hydrogens (primary N) is 1. The fraction of sp³-hybridized carbons (Fsp3) is 0.375. The van der Waals surface area contributed by atoms with Crippen LogP contribution in [0.2, 0.25) is 0 Å². The highest BCUT2D eigenvalue weighted by atomic mass is 19.4. The van der Waals surface area contributed by atoms with Gasteiger partial charge in [-0.05, 0) is 38.0 Å². The number of halogens is 3. The highest BCUT2D eigenvalue weighted by Crippen LogP contribution is 2.22. The standard InChI is InChI=1S/C16H19F3N4O2/c1-10-14(11(2)25-23-10)7-8-21-15(20)22-9-12-3-5-13(6-4-12)24-16(17,18)19/h3-6H,7-9H2,1-2H3,(H3,20,21,22). The van der Waals surface area contributed by atoms with Crippen molar-refractivity contribution in [3.05, 3.63) is 46.8 Å². The lowest BCUT2D eigenvalue weighted by molar-refractivity contribution is -0.274. The van der Waals surface area contributed by atoms with Crippen molar-refractivity contribution in [2.24, 2.45) is 10.7 Å². The summed E-state index contributed by atoms with van der Waals surface area (Å²) in [5.74, 6) is 0.754. The quantitative estimate of drug-likeness (QED) is 0.614. The average Bonchev–Trinajstić information content (AvgIpc) is 2.84. The lowest BCUT2D eigenvalue weighted by Crippen LogP contribution is -2.33. The summed E-state index contributed by atoms with van der Waals surface area (Å²) in [4.78, 5) is 4.14. The van der Waals surface area contributed by atoms with Crippen LogP contribution in [0.15, 0.2) is 33.8 Å². The molecule has 0 aliphatic carbocycles. The van der Waals surface area contributed by atoms with Gasteiger partial charge in [-0.2, -0.15) is 0 Å². The van der Waals surface area contributed by atoms with E-state index in [0.717, 1.165) is 17.0 Å². The van der Waals surface area contributed by atoms with Crippen LogP contribution in [0.3, 0.4) is 0 Å². The van der Waals surface area contributed by atoms with Gasteiger partial charge in [0.2, 0.25) is 0 Å². The Morgan fingerprint density at radius 2 is 1.96 bits per heavy atom. The number of hydrogen-bond acceptors (Lipinski definition) is 4.